The third-order valence-electron chi connectivity index (χ3n) is 2.65. The number of nitrogens with one attached hydrogen (secondary N) is 1. The zero-order valence-electron chi connectivity index (χ0n) is 12.2. The lowest BCUT2D eigenvalue weighted by atomic mass is 10.1. The van der Waals surface area contributed by atoms with Crippen molar-refractivity contribution in [3.63, 3.8) is 0 Å². The van der Waals surface area contributed by atoms with Crippen LogP contribution in [0.5, 0.6) is 0 Å². The van der Waals surface area contributed by atoms with Crippen LogP contribution in [0.2, 0.25) is 0 Å². The van der Waals surface area contributed by atoms with Gasteiger partial charge < -0.3 is 9.64 Å². The second-order valence-electron chi connectivity index (χ2n) is 4.06. The number of hydrogen-bond donors (Lipinski definition) is 1. The Bertz CT molecular complexity index is 493. The van der Waals surface area contributed by atoms with Crippen LogP contribution >= 0.6 is 15.9 Å². The molecule has 20 heavy (non-hydrogen) atoms. The molecule has 1 aliphatic rings. The van der Waals surface area contributed by atoms with Crippen LogP contribution in [0.25, 0.3) is 0 Å². The van der Waals surface area contributed by atoms with Gasteiger partial charge in [0.1, 0.15) is 5.84 Å². The Morgan fingerprint density at radius 2 is 2.25 bits per heavy atom. The highest BCUT2D eigenvalue weighted by Crippen LogP contribution is 2.26. The van der Waals surface area contributed by atoms with Gasteiger partial charge in [0.25, 0.3) is 0 Å². The molecule has 0 aromatic heterocycles. The van der Waals surface area contributed by atoms with Crippen molar-refractivity contribution in [3.8, 4) is 0 Å². The third kappa shape index (κ3) is 4.23. The Labute approximate surface area is 128 Å². The smallest absolute Gasteiger partial charge is 0.411 e. The lowest BCUT2D eigenvalue weighted by Crippen LogP contribution is -2.33. The summed E-state index contributed by atoms with van der Waals surface area (Å²) in [6.45, 7) is 6.06. The molecule has 0 aliphatic carbocycles. The van der Waals surface area contributed by atoms with Crippen LogP contribution in [-0.2, 0) is 4.74 Å². The molecule has 6 heteroatoms. The van der Waals surface area contributed by atoms with Crippen LogP contribution in [0.15, 0.2) is 39.2 Å². The van der Waals surface area contributed by atoms with Gasteiger partial charge in [0, 0.05) is 17.7 Å². The number of allylic oxidation sites excluding steroid dienone is 3. The predicted octanol–water partition coefficient (Wildman–Crippen LogP) is 3.51. The molecule has 0 radical (unpaired) electrons. The fourth-order valence-electron chi connectivity index (χ4n) is 1.73. The molecule has 1 heterocycles. The molecule has 0 atom stereocenters. The van der Waals surface area contributed by atoms with Crippen LogP contribution in [0.1, 0.15) is 27.2 Å². The summed E-state index contributed by atoms with van der Waals surface area (Å²) in [4.78, 5) is 17.7. The molecule has 0 bridgehead atoms. The van der Waals surface area contributed by atoms with E-state index in [-0.39, 0.29) is 0 Å². The number of rotatable bonds is 3. The van der Waals surface area contributed by atoms with Gasteiger partial charge in [0.2, 0.25) is 0 Å². The quantitative estimate of drug-likeness (QED) is 0.631. The molecule has 0 saturated carbocycles. The normalized spacial score (nSPS) is 17.8. The molecule has 1 amide bonds. The van der Waals surface area contributed by atoms with Crippen LogP contribution in [0, 0.1) is 0 Å². The fourth-order valence-corrected chi connectivity index (χ4v) is 2.16. The second kappa shape index (κ2) is 7.89. The first kappa shape index (κ1) is 16.5. The zero-order chi connectivity index (χ0) is 15.1. The maximum atomic E-state index is 11.6. The molecule has 0 spiro atoms. The molecule has 1 N–H and O–H groups in total. The minimum absolute atomic E-state index is 0.335. The Hall–Kier alpha value is -1.56. The van der Waals surface area contributed by atoms with E-state index in [1.54, 1.807) is 14.0 Å². The van der Waals surface area contributed by atoms with E-state index in [4.69, 9.17) is 4.74 Å². The summed E-state index contributed by atoms with van der Waals surface area (Å²) in [5.41, 5.74) is 1.56. The highest BCUT2D eigenvalue weighted by atomic mass is 79.9. The number of carbonyl (C=O) groups excluding carboxylic acids is 1. The van der Waals surface area contributed by atoms with Gasteiger partial charge in [-0.25, -0.2) is 4.79 Å². The monoisotopic (exact) mass is 341 g/mol. The largest absolute Gasteiger partial charge is 0.450 e. The second-order valence-corrected chi connectivity index (χ2v) is 4.97. The van der Waals surface area contributed by atoms with Crippen LogP contribution in [-0.4, -0.2) is 30.5 Å². The van der Waals surface area contributed by atoms with Gasteiger partial charge in [0.15, 0.2) is 0 Å². The van der Waals surface area contributed by atoms with Gasteiger partial charge in [-0.15, -0.1) is 0 Å². The average molecular weight is 342 g/mol. The van der Waals surface area contributed by atoms with Crippen molar-refractivity contribution in [1.29, 1.82) is 0 Å². The van der Waals surface area contributed by atoms with Gasteiger partial charge in [-0.05, 0) is 42.3 Å². The number of ether oxygens (including phenoxy) is 1. The Morgan fingerprint density at radius 1 is 1.55 bits per heavy atom. The van der Waals surface area contributed by atoms with E-state index in [1.807, 2.05) is 37.1 Å². The van der Waals surface area contributed by atoms with Gasteiger partial charge in [-0.2, -0.15) is 0 Å². The minimum Gasteiger partial charge on any atom is -0.450 e. The lowest BCUT2D eigenvalue weighted by Gasteiger charge is -2.28. The fraction of sp³-hybridized carbons (Fsp3) is 0.429. The van der Waals surface area contributed by atoms with Crippen molar-refractivity contribution < 1.29 is 9.53 Å². The molecule has 110 valence electrons. The van der Waals surface area contributed by atoms with E-state index >= 15 is 0 Å². The maximum absolute atomic E-state index is 11.6. The first-order chi connectivity index (χ1) is 9.53. The lowest BCUT2D eigenvalue weighted by molar-refractivity contribution is 0.155. The average Bonchev–Trinajstić information content (AvgIpc) is 2.40. The highest BCUT2D eigenvalue weighted by Gasteiger charge is 2.21. The summed E-state index contributed by atoms with van der Waals surface area (Å²) in [5, 5.41) is 2.76. The van der Waals surface area contributed by atoms with E-state index in [0.29, 0.717) is 12.3 Å². The molecule has 1 rings (SSSR count). The number of nitrogens with zero attached hydrogens (tertiary/aromatic N) is 2. The number of amidine groups is 1. The molecule has 1 aliphatic heterocycles. The van der Waals surface area contributed by atoms with E-state index in [9.17, 15) is 4.79 Å². The molecule has 0 unspecified atom stereocenters. The van der Waals surface area contributed by atoms with E-state index in [0.717, 1.165) is 22.4 Å². The maximum Gasteiger partial charge on any atom is 0.411 e. The van der Waals surface area contributed by atoms with Crippen molar-refractivity contribution in [2.45, 2.75) is 27.2 Å². The van der Waals surface area contributed by atoms with Crippen molar-refractivity contribution in [1.82, 2.24) is 10.2 Å². The van der Waals surface area contributed by atoms with Crippen LogP contribution in [0.3, 0.4) is 0 Å². The van der Waals surface area contributed by atoms with Gasteiger partial charge in [-0.3, -0.25) is 10.3 Å². The number of halogens is 1. The van der Waals surface area contributed by atoms with Crippen molar-refractivity contribution in [2.24, 2.45) is 4.99 Å². The first-order valence-electron chi connectivity index (χ1n) is 6.49. The SMILES string of the molecule is CC/C=C1\C(NC(=O)OCC)=CC(Br)=CN1/C(C)=N\C. The predicted molar refractivity (Wildman–Crippen MR) is 84.5 cm³/mol. The van der Waals surface area contributed by atoms with E-state index in [2.05, 4.69) is 26.2 Å². The Morgan fingerprint density at radius 3 is 2.80 bits per heavy atom. The van der Waals surface area contributed by atoms with Gasteiger partial charge >= 0.3 is 6.09 Å². The summed E-state index contributed by atoms with van der Waals surface area (Å²) in [5.74, 6) is 0.831. The minimum atomic E-state index is -0.464. The summed E-state index contributed by atoms with van der Waals surface area (Å²) in [7, 11) is 1.73. The molecule has 0 saturated heterocycles. The van der Waals surface area contributed by atoms with Crippen molar-refractivity contribution in [2.75, 3.05) is 13.7 Å². The van der Waals surface area contributed by atoms with Gasteiger partial charge in [-0.1, -0.05) is 13.0 Å². The zero-order valence-corrected chi connectivity index (χ0v) is 13.8. The molecular formula is C14H20BrN3O2. The number of carbonyl (C=O) groups is 1. The molecule has 0 aromatic carbocycles. The number of hydrogen-bond acceptors (Lipinski definition) is 3. The Balaban J connectivity index is 3.10. The van der Waals surface area contributed by atoms with Gasteiger partial charge in [0.05, 0.1) is 18.0 Å². The number of aliphatic imine (C=N–C) groups is 1. The Kier molecular flexibility index (Phi) is 6.51. The summed E-state index contributed by atoms with van der Waals surface area (Å²) < 4.78 is 5.77. The van der Waals surface area contributed by atoms with E-state index in [1.165, 1.54) is 0 Å². The van der Waals surface area contributed by atoms with E-state index < -0.39 is 6.09 Å². The summed E-state index contributed by atoms with van der Waals surface area (Å²) >= 11 is 3.44. The molecule has 5 nitrogen and oxygen atoms in total. The first-order valence-corrected chi connectivity index (χ1v) is 7.28. The number of amides is 1. The molecule has 0 aromatic rings. The number of alkyl carbamates (subject to hydrolysis) is 1. The standard InChI is InChI=1S/C14H20BrN3O2/c1-5-7-13-12(17-14(19)20-6-2)8-11(15)9-18(13)10(3)16-4/h7-9H,5-6H2,1-4H3,(H,17,19)/b13-7+,16-10-. The van der Waals surface area contributed by atoms with Crippen LogP contribution in [0.4, 0.5) is 4.79 Å². The highest BCUT2D eigenvalue weighted by molar-refractivity contribution is 9.11. The van der Waals surface area contributed by atoms with Crippen LogP contribution < -0.4 is 5.32 Å². The molecular weight excluding hydrogens is 322 g/mol. The summed E-state index contributed by atoms with van der Waals surface area (Å²) in [6.07, 6.45) is 6.17. The van der Waals surface area contributed by atoms with Crippen molar-refractivity contribution >= 4 is 27.9 Å². The van der Waals surface area contributed by atoms with Crippen molar-refractivity contribution in [3.05, 3.63) is 34.2 Å². The summed E-state index contributed by atoms with van der Waals surface area (Å²) in [6, 6.07) is 0. The molecule has 0 fully saturated rings. The topological polar surface area (TPSA) is 53.9 Å². The third-order valence-corrected chi connectivity index (χ3v) is 3.09.